The molecule has 1 aromatic carbocycles. The van der Waals surface area contributed by atoms with E-state index < -0.39 is 5.97 Å². The van der Waals surface area contributed by atoms with E-state index in [1.165, 1.54) is 12.1 Å². The molecule has 1 rings (SSSR count). The van der Waals surface area contributed by atoms with Crippen molar-refractivity contribution < 1.29 is 14.3 Å². The lowest BCUT2D eigenvalue weighted by Gasteiger charge is -2.04. The second-order valence-electron chi connectivity index (χ2n) is 2.65. The summed E-state index contributed by atoms with van der Waals surface area (Å²) in [5.41, 5.74) is 1.05. The van der Waals surface area contributed by atoms with Crippen molar-refractivity contribution in [2.24, 2.45) is 0 Å². The van der Waals surface area contributed by atoms with Gasteiger partial charge in [-0.25, -0.2) is 9.18 Å². The van der Waals surface area contributed by atoms with Gasteiger partial charge in [0.25, 0.3) is 0 Å². The quantitative estimate of drug-likeness (QED) is 0.697. The molecular formula is C9H9FO2. The van der Waals surface area contributed by atoms with Crippen LogP contribution in [0.4, 0.5) is 4.39 Å². The number of hydrogen-bond donors (Lipinski definition) is 1. The maximum absolute atomic E-state index is 12.8. The van der Waals surface area contributed by atoms with Crippen molar-refractivity contribution in [1.82, 2.24) is 0 Å². The predicted molar refractivity (Wildman–Crippen MR) is 42.8 cm³/mol. The minimum absolute atomic E-state index is 0.161. The van der Waals surface area contributed by atoms with Crippen molar-refractivity contribution in [2.45, 2.75) is 13.8 Å². The number of carboxylic acids is 1. The molecule has 1 N–H and O–H groups in total. The smallest absolute Gasteiger partial charge is 0.335 e. The van der Waals surface area contributed by atoms with E-state index in [1.54, 1.807) is 13.8 Å². The minimum atomic E-state index is -1.02. The van der Waals surface area contributed by atoms with E-state index in [4.69, 9.17) is 5.11 Å². The first kappa shape index (κ1) is 8.71. The molecular weight excluding hydrogens is 159 g/mol. The van der Waals surface area contributed by atoms with Crippen molar-refractivity contribution >= 4 is 5.97 Å². The van der Waals surface area contributed by atoms with Gasteiger partial charge in [0, 0.05) is 0 Å². The van der Waals surface area contributed by atoms with Crippen LogP contribution in [-0.4, -0.2) is 11.1 Å². The second kappa shape index (κ2) is 2.93. The highest BCUT2D eigenvalue weighted by atomic mass is 19.1. The summed E-state index contributed by atoms with van der Waals surface area (Å²) in [7, 11) is 0. The fourth-order valence-corrected chi connectivity index (χ4v) is 1.02. The van der Waals surface area contributed by atoms with E-state index in [2.05, 4.69) is 0 Å². The summed E-state index contributed by atoms with van der Waals surface area (Å²) in [5.74, 6) is -1.38. The zero-order valence-corrected chi connectivity index (χ0v) is 6.89. The number of aromatic carboxylic acids is 1. The molecule has 0 saturated carbocycles. The lowest BCUT2D eigenvalue weighted by Crippen LogP contribution is -2.02. The SMILES string of the molecule is Cc1c(F)ccc(C(=O)O)c1C. The molecule has 3 heteroatoms. The third-order valence-corrected chi connectivity index (χ3v) is 1.95. The zero-order chi connectivity index (χ0) is 9.30. The van der Waals surface area contributed by atoms with Gasteiger partial charge in [0.2, 0.25) is 0 Å². The number of halogens is 1. The van der Waals surface area contributed by atoms with E-state index in [-0.39, 0.29) is 11.4 Å². The Labute approximate surface area is 69.6 Å². The Balaban J connectivity index is 3.36. The molecule has 0 aliphatic rings. The summed E-state index contributed by atoms with van der Waals surface area (Å²) in [6.45, 7) is 3.17. The van der Waals surface area contributed by atoms with Crippen molar-refractivity contribution in [3.63, 3.8) is 0 Å². The van der Waals surface area contributed by atoms with Gasteiger partial charge in [-0.3, -0.25) is 0 Å². The molecule has 0 bridgehead atoms. The standard InChI is InChI=1S/C9H9FO2/c1-5-6(2)8(10)4-3-7(5)9(11)12/h3-4H,1-2H3,(H,11,12). The molecule has 12 heavy (non-hydrogen) atoms. The van der Waals surface area contributed by atoms with Crippen LogP contribution >= 0.6 is 0 Å². The second-order valence-corrected chi connectivity index (χ2v) is 2.65. The fraction of sp³-hybridized carbons (Fsp3) is 0.222. The molecule has 0 aromatic heterocycles. The third-order valence-electron chi connectivity index (χ3n) is 1.95. The summed E-state index contributed by atoms with van der Waals surface area (Å²) >= 11 is 0. The Morgan fingerprint density at radius 1 is 1.33 bits per heavy atom. The number of carbonyl (C=O) groups is 1. The van der Waals surface area contributed by atoms with Crippen LogP contribution in [0.3, 0.4) is 0 Å². The van der Waals surface area contributed by atoms with Crippen LogP contribution in [0.5, 0.6) is 0 Å². The molecule has 0 heterocycles. The van der Waals surface area contributed by atoms with Crippen molar-refractivity contribution in [2.75, 3.05) is 0 Å². The monoisotopic (exact) mass is 168 g/mol. The highest BCUT2D eigenvalue weighted by Gasteiger charge is 2.10. The first-order valence-corrected chi connectivity index (χ1v) is 3.53. The van der Waals surface area contributed by atoms with Gasteiger partial charge in [-0.1, -0.05) is 0 Å². The van der Waals surface area contributed by atoms with Crippen molar-refractivity contribution in [3.05, 3.63) is 34.6 Å². The number of rotatable bonds is 1. The third kappa shape index (κ3) is 1.30. The van der Waals surface area contributed by atoms with Crippen molar-refractivity contribution in [1.29, 1.82) is 0 Å². The number of hydrogen-bond acceptors (Lipinski definition) is 1. The Hall–Kier alpha value is -1.38. The minimum Gasteiger partial charge on any atom is -0.478 e. The summed E-state index contributed by atoms with van der Waals surface area (Å²) in [6, 6.07) is 2.45. The lowest BCUT2D eigenvalue weighted by atomic mass is 10.0. The fourth-order valence-electron chi connectivity index (χ4n) is 1.02. The maximum Gasteiger partial charge on any atom is 0.335 e. The molecule has 0 radical (unpaired) electrons. The lowest BCUT2D eigenvalue weighted by molar-refractivity contribution is 0.0696. The Morgan fingerprint density at radius 2 is 1.92 bits per heavy atom. The summed E-state index contributed by atoms with van der Waals surface area (Å²) in [6.07, 6.45) is 0. The van der Waals surface area contributed by atoms with Gasteiger partial charge < -0.3 is 5.11 Å². The summed E-state index contributed by atoms with van der Waals surface area (Å²) in [4.78, 5) is 10.6. The molecule has 0 saturated heterocycles. The zero-order valence-electron chi connectivity index (χ0n) is 6.89. The molecule has 0 atom stereocenters. The van der Waals surface area contributed by atoms with Gasteiger partial charge in [0.15, 0.2) is 0 Å². The molecule has 64 valence electrons. The van der Waals surface area contributed by atoms with Gasteiger partial charge >= 0.3 is 5.97 Å². The van der Waals surface area contributed by atoms with E-state index in [0.29, 0.717) is 11.1 Å². The van der Waals surface area contributed by atoms with Crippen LogP contribution in [0.25, 0.3) is 0 Å². The number of carboxylic acid groups (broad SMARTS) is 1. The molecule has 2 nitrogen and oxygen atoms in total. The Kier molecular flexibility index (Phi) is 2.13. The predicted octanol–water partition coefficient (Wildman–Crippen LogP) is 2.14. The summed E-state index contributed by atoms with van der Waals surface area (Å²) < 4.78 is 12.8. The largest absolute Gasteiger partial charge is 0.478 e. The van der Waals surface area contributed by atoms with E-state index in [9.17, 15) is 9.18 Å². The average molecular weight is 168 g/mol. The van der Waals surface area contributed by atoms with E-state index in [0.717, 1.165) is 0 Å². The topological polar surface area (TPSA) is 37.3 Å². The van der Waals surface area contributed by atoms with E-state index in [1.807, 2.05) is 0 Å². The molecule has 0 unspecified atom stereocenters. The molecule has 0 aliphatic carbocycles. The van der Waals surface area contributed by atoms with Gasteiger partial charge in [-0.15, -0.1) is 0 Å². The Bertz CT molecular complexity index is 332. The normalized spacial score (nSPS) is 9.92. The Morgan fingerprint density at radius 3 is 2.42 bits per heavy atom. The van der Waals surface area contributed by atoms with Crippen LogP contribution in [0.1, 0.15) is 21.5 Å². The highest BCUT2D eigenvalue weighted by molar-refractivity contribution is 5.89. The van der Waals surface area contributed by atoms with Crippen LogP contribution in [0.2, 0.25) is 0 Å². The first-order valence-electron chi connectivity index (χ1n) is 3.53. The van der Waals surface area contributed by atoms with E-state index >= 15 is 0 Å². The van der Waals surface area contributed by atoms with Crippen LogP contribution in [0.15, 0.2) is 12.1 Å². The molecule has 0 amide bonds. The van der Waals surface area contributed by atoms with Gasteiger partial charge in [0.05, 0.1) is 5.56 Å². The van der Waals surface area contributed by atoms with Crippen LogP contribution < -0.4 is 0 Å². The highest BCUT2D eigenvalue weighted by Crippen LogP contribution is 2.16. The molecule has 1 aromatic rings. The number of benzene rings is 1. The summed E-state index contributed by atoms with van der Waals surface area (Å²) in [5, 5.41) is 8.66. The molecule has 0 spiro atoms. The van der Waals surface area contributed by atoms with Crippen molar-refractivity contribution in [3.8, 4) is 0 Å². The van der Waals surface area contributed by atoms with Gasteiger partial charge in [-0.2, -0.15) is 0 Å². The first-order chi connectivity index (χ1) is 5.54. The van der Waals surface area contributed by atoms with Crippen LogP contribution in [-0.2, 0) is 0 Å². The van der Waals surface area contributed by atoms with Gasteiger partial charge in [0.1, 0.15) is 5.82 Å². The average Bonchev–Trinajstić information content (AvgIpc) is 2.00. The van der Waals surface area contributed by atoms with Crippen LogP contribution in [0, 0.1) is 19.7 Å². The maximum atomic E-state index is 12.8. The molecule has 0 fully saturated rings. The van der Waals surface area contributed by atoms with Gasteiger partial charge in [-0.05, 0) is 37.1 Å². The molecule has 0 aliphatic heterocycles.